The zero-order chi connectivity index (χ0) is 7.94. The minimum Gasteiger partial charge on any atom is -0.396 e. The molecule has 3 heteroatoms. The molecule has 0 aliphatic rings. The van der Waals surface area contributed by atoms with Crippen LogP contribution in [0, 0.1) is 6.07 Å². The quantitative estimate of drug-likeness (QED) is 0.622. The largest absolute Gasteiger partial charge is 0.396 e. The number of anilines is 1. The van der Waals surface area contributed by atoms with Gasteiger partial charge in [-0.25, -0.2) is 4.98 Å². The van der Waals surface area contributed by atoms with Gasteiger partial charge in [0.2, 0.25) is 0 Å². The molecule has 0 aliphatic heterocycles. The topological polar surface area (TPSA) is 45.1 Å². The van der Waals surface area contributed by atoms with Crippen molar-refractivity contribution in [2.24, 2.45) is 0 Å². The summed E-state index contributed by atoms with van der Waals surface area (Å²) < 4.78 is 0. The van der Waals surface area contributed by atoms with Gasteiger partial charge in [0.1, 0.15) is 5.82 Å². The Kier molecular flexibility index (Phi) is 3.41. The molecule has 1 radical (unpaired) electrons. The molecular formula is C8H11N2O. The van der Waals surface area contributed by atoms with E-state index in [-0.39, 0.29) is 6.61 Å². The minimum absolute atomic E-state index is 0.212. The summed E-state index contributed by atoms with van der Waals surface area (Å²) in [6.45, 7) is 0.963. The highest BCUT2D eigenvalue weighted by Gasteiger charge is 1.88. The third-order valence-electron chi connectivity index (χ3n) is 1.25. The lowest BCUT2D eigenvalue weighted by Gasteiger charge is -2.01. The fourth-order valence-electron chi connectivity index (χ4n) is 0.717. The first kappa shape index (κ1) is 8.01. The number of nitrogens with one attached hydrogen (secondary N) is 1. The van der Waals surface area contributed by atoms with Crippen LogP contribution in [0.15, 0.2) is 18.3 Å². The molecule has 0 amide bonds. The van der Waals surface area contributed by atoms with Crippen molar-refractivity contribution in [2.75, 3.05) is 18.5 Å². The van der Waals surface area contributed by atoms with Crippen LogP contribution >= 0.6 is 0 Å². The normalized spacial score (nSPS) is 9.55. The fraction of sp³-hybridized carbons (Fsp3) is 0.375. The van der Waals surface area contributed by atoms with E-state index in [1.165, 1.54) is 0 Å². The van der Waals surface area contributed by atoms with Gasteiger partial charge in [0, 0.05) is 19.3 Å². The molecule has 1 heterocycles. The second-order valence-electron chi connectivity index (χ2n) is 2.15. The number of aromatic nitrogens is 1. The lowest BCUT2D eigenvalue weighted by molar-refractivity contribution is 0.292. The van der Waals surface area contributed by atoms with Gasteiger partial charge in [-0.3, -0.25) is 0 Å². The Balaban J connectivity index is 2.28. The number of aliphatic hydroxyl groups excluding tert-OH is 1. The Morgan fingerprint density at radius 2 is 2.55 bits per heavy atom. The second kappa shape index (κ2) is 4.68. The van der Waals surface area contributed by atoms with Gasteiger partial charge in [0.25, 0.3) is 0 Å². The third kappa shape index (κ3) is 3.00. The van der Waals surface area contributed by atoms with E-state index in [2.05, 4.69) is 16.4 Å². The number of rotatable bonds is 4. The predicted octanol–water partition coefficient (Wildman–Crippen LogP) is 0.676. The maximum absolute atomic E-state index is 8.48. The maximum Gasteiger partial charge on any atom is 0.126 e. The molecule has 0 atom stereocenters. The Bertz CT molecular complexity index is 189. The standard InChI is InChI=1S/C8H11N2O/c11-7-3-6-10-8-4-1-2-5-9-8/h2,4-5,11H,3,6-7H2,(H,9,10). The Hall–Kier alpha value is -1.09. The van der Waals surface area contributed by atoms with E-state index in [4.69, 9.17) is 5.11 Å². The first-order valence-corrected chi connectivity index (χ1v) is 3.60. The molecule has 1 aromatic rings. The van der Waals surface area contributed by atoms with E-state index < -0.39 is 0 Å². The van der Waals surface area contributed by atoms with Gasteiger partial charge >= 0.3 is 0 Å². The molecule has 0 aromatic carbocycles. The summed E-state index contributed by atoms with van der Waals surface area (Å²) in [6, 6.07) is 6.42. The van der Waals surface area contributed by atoms with Gasteiger partial charge in [-0.2, -0.15) is 0 Å². The van der Waals surface area contributed by atoms with Crippen molar-refractivity contribution in [2.45, 2.75) is 6.42 Å². The van der Waals surface area contributed by atoms with Crippen LogP contribution in [0.3, 0.4) is 0 Å². The van der Waals surface area contributed by atoms with E-state index in [1.54, 1.807) is 18.3 Å². The van der Waals surface area contributed by atoms with Crippen LogP contribution in [-0.4, -0.2) is 23.2 Å². The summed E-state index contributed by atoms with van der Waals surface area (Å²) in [5.41, 5.74) is 0. The fourth-order valence-corrected chi connectivity index (χ4v) is 0.717. The van der Waals surface area contributed by atoms with Gasteiger partial charge < -0.3 is 10.4 Å². The van der Waals surface area contributed by atoms with E-state index in [1.807, 2.05) is 0 Å². The van der Waals surface area contributed by atoms with E-state index in [0.29, 0.717) is 0 Å². The molecule has 11 heavy (non-hydrogen) atoms. The number of hydrogen-bond acceptors (Lipinski definition) is 3. The number of hydrogen-bond donors (Lipinski definition) is 2. The van der Waals surface area contributed by atoms with Gasteiger partial charge in [0.15, 0.2) is 0 Å². The number of nitrogens with zero attached hydrogens (tertiary/aromatic N) is 1. The van der Waals surface area contributed by atoms with Crippen molar-refractivity contribution < 1.29 is 5.11 Å². The predicted molar refractivity (Wildman–Crippen MR) is 43.3 cm³/mol. The summed E-state index contributed by atoms with van der Waals surface area (Å²) in [5, 5.41) is 11.5. The lowest BCUT2D eigenvalue weighted by Crippen LogP contribution is -2.04. The second-order valence-corrected chi connectivity index (χ2v) is 2.15. The maximum atomic E-state index is 8.48. The molecular weight excluding hydrogens is 140 g/mol. The molecule has 59 valence electrons. The monoisotopic (exact) mass is 151 g/mol. The van der Waals surface area contributed by atoms with Gasteiger partial charge in [-0.05, 0) is 24.6 Å². The zero-order valence-corrected chi connectivity index (χ0v) is 6.25. The SMILES string of the molecule is OCCCNc1c[c]ccn1. The summed E-state index contributed by atoms with van der Waals surface area (Å²) in [7, 11) is 0. The summed E-state index contributed by atoms with van der Waals surface area (Å²) in [6.07, 6.45) is 2.43. The van der Waals surface area contributed by atoms with E-state index in [9.17, 15) is 0 Å². The Labute approximate surface area is 66.1 Å². The van der Waals surface area contributed by atoms with Crippen LogP contribution in [0.5, 0.6) is 0 Å². The van der Waals surface area contributed by atoms with Gasteiger partial charge in [-0.15, -0.1) is 0 Å². The average molecular weight is 151 g/mol. The van der Waals surface area contributed by atoms with Crippen LogP contribution in [0.4, 0.5) is 5.82 Å². The first-order chi connectivity index (χ1) is 5.43. The molecule has 2 N–H and O–H groups in total. The molecule has 0 fully saturated rings. The Morgan fingerprint density at radius 1 is 1.64 bits per heavy atom. The molecule has 0 bridgehead atoms. The Morgan fingerprint density at radius 3 is 3.18 bits per heavy atom. The van der Waals surface area contributed by atoms with Crippen molar-refractivity contribution in [3.05, 3.63) is 24.4 Å². The van der Waals surface area contributed by atoms with Gasteiger partial charge in [0.05, 0.1) is 0 Å². The van der Waals surface area contributed by atoms with Crippen LogP contribution in [0.2, 0.25) is 0 Å². The van der Waals surface area contributed by atoms with Crippen molar-refractivity contribution in [1.82, 2.24) is 4.98 Å². The highest BCUT2D eigenvalue weighted by Crippen LogP contribution is 1.97. The molecule has 3 nitrogen and oxygen atoms in total. The minimum atomic E-state index is 0.212. The lowest BCUT2D eigenvalue weighted by atomic mass is 10.4. The summed E-state index contributed by atoms with van der Waals surface area (Å²) in [5.74, 6) is 0.806. The highest BCUT2D eigenvalue weighted by molar-refractivity contribution is 5.32. The zero-order valence-electron chi connectivity index (χ0n) is 6.25. The number of pyridine rings is 1. The van der Waals surface area contributed by atoms with Crippen LogP contribution in [-0.2, 0) is 0 Å². The third-order valence-corrected chi connectivity index (χ3v) is 1.25. The van der Waals surface area contributed by atoms with E-state index in [0.717, 1.165) is 18.8 Å². The van der Waals surface area contributed by atoms with Gasteiger partial charge in [-0.1, -0.05) is 0 Å². The molecule has 1 rings (SSSR count). The molecule has 0 aliphatic carbocycles. The first-order valence-electron chi connectivity index (χ1n) is 3.60. The van der Waals surface area contributed by atoms with Crippen molar-refractivity contribution >= 4 is 5.82 Å². The van der Waals surface area contributed by atoms with Crippen molar-refractivity contribution in [3.8, 4) is 0 Å². The van der Waals surface area contributed by atoms with Crippen molar-refractivity contribution in [3.63, 3.8) is 0 Å². The van der Waals surface area contributed by atoms with Crippen LogP contribution in [0.25, 0.3) is 0 Å². The van der Waals surface area contributed by atoms with Crippen molar-refractivity contribution in [1.29, 1.82) is 0 Å². The average Bonchev–Trinajstić information content (AvgIpc) is 2.07. The molecule has 0 saturated carbocycles. The molecule has 1 aromatic heterocycles. The molecule has 0 saturated heterocycles. The smallest absolute Gasteiger partial charge is 0.126 e. The molecule has 0 unspecified atom stereocenters. The summed E-state index contributed by atoms with van der Waals surface area (Å²) in [4.78, 5) is 4.03. The van der Waals surface area contributed by atoms with E-state index >= 15 is 0 Å². The number of aliphatic hydroxyl groups is 1. The highest BCUT2D eigenvalue weighted by atomic mass is 16.3. The van der Waals surface area contributed by atoms with Crippen LogP contribution in [0.1, 0.15) is 6.42 Å². The summed E-state index contributed by atoms with van der Waals surface area (Å²) >= 11 is 0. The molecule has 0 spiro atoms. The van der Waals surface area contributed by atoms with Crippen LogP contribution < -0.4 is 5.32 Å².